The van der Waals surface area contributed by atoms with Crippen molar-refractivity contribution >= 4 is 48.9 Å². The monoisotopic (exact) mass is 392 g/mol. The van der Waals surface area contributed by atoms with Crippen molar-refractivity contribution in [1.82, 2.24) is 0 Å². The topological polar surface area (TPSA) is 72.2 Å². The SMILES string of the molecule is Cc1cccc(Cl)c1NS(=O)(=O)c1cc(N)c(Br)cc1F. The molecule has 2 aromatic rings. The number of nitrogens with one attached hydrogen (secondary N) is 1. The van der Waals surface area contributed by atoms with Gasteiger partial charge in [0.15, 0.2) is 0 Å². The first-order chi connectivity index (χ1) is 9.72. The van der Waals surface area contributed by atoms with E-state index in [9.17, 15) is 12.8 Å². The Morgan fingerprint density at radius 1 is 1.33 bits per heavy atom. The molecule has 0 aliphatic rings. The molecule has 0 unspecified atom stereocenters. The zero-order valence-electron chi connectivity index (χ0n) is 10.8. The molecule has 0 amide bonds. The summed E-state index contributed by atoms with van der Waals surface area (Å²) < 4.78 is 41.1. The van der Waals surface area contributed by atoms with Crippen LogP contribution >= 0.6 is 27.5 Å². The summed E-state index contributed by atoms with van der Waals surface area (Å²) >= 11 is 9.00. The summed E-state index contributed by atoms with van der Waals surface area (Å²) in [5.41, 5.74) is 6.56. The number of aryl methyl sites for hydroxylation is 1. The third kappa shape index (κ3) is 3.30. The number of hydrogen-bond acceptors (Lipinski definition) is 3. The van der Waals surface area contributed by atoms with Crippen molar-refractivity contribution in [1.29, 1.82) is 0 Å². The highest BCUT2D eigenvalue weighted by Gasteiger charge is 2.22. The van der Waals surface area contributed by atoms with Gasteiger partial charge >= 0.3 is 0 Å². The smallest absolute Gasteiger partial charge is 0.264 e. The Hall–Kier alpha value is -1.31. The zero-order chi connectivity index (χ0) is 15.8. The molecule has 8 heteroatoms. The number of hydrogen-bond donors (Lipinski definition) is 2. The molecule has 0 bridgehead atoms. The first kappa shape index (κ1) is 16.1. The predicted octanol–water partition coefficient (Wildman–Crippen LogP) is 3.93. The summed E-state index contributed by atoms with van der Waals surface area (Å²) in [6.07, 6.45) is 0. The molecule has 4 nitrogen and oxygen atoms in total. The third-order valence-corrected chi connectivity index (χ3v) is 5.17. The van der Waals surface area contributed by atoms with E-state index in [0.29, 0.717) is 5.56 Å². The number of anilines is 2. The van der Waals surface area contributed by atoms with Gasteiger partial charge in [0.1, 0.15) is 10.7 Å². The molecule has 3 N–H and O–H groups in total. The van der Waals surface area contributed by atoms with Crippen LogP contribution in [-0.2, 0) is 10.0 Å². The molecule has 0 aromatic heterocycles. The molecule has 0 heterocycles. The molecule has 0 spiro atoms. The van der Waals surface area contributed by atoms with E-state index in [1.165, 1.54) is 0 Å². The minimum Gasteiger partial charge on any atom is -0.398 e. The lowest BCUT2D eigenvalue weighted by molar-refractivity contribution is 0.570. The highest BCUT2D eigenvalue weighted by molar-refractivity contribution is 9.10. The lowest BCUT2D eigenvalue weighted by Crippen LogP contribution is -2.16. The second-order valence-corrected chi connectivity index (χ2v) is 7.25. The van der Waals surface area contributed by atoms with Gasteiger partial charge in [0.25, 0.3) is 10.0 Å². The third-order valence-electron chi connectivity index (χ3n) is 2.80. The average molecular weight is 394 g/mol. The number of para-hydroxylation sites is 1. The molecule has 0 aliphatic carbocycles. The molecule has 2 rings (SSSR count). The van der Waals surface area contributed by atoms with Crippen molar-refractivity contribution in [2.24, 2.45) is 0 Å². The number of nitrogens with two attached hydrogens (primary N) is 1. The van der Waals surface area contributed by atoms with Gasteiger partial charge < -0.3 is 5.73 Å². The molecule has 0 atom stereocenters. The van der Waals surface area contributed by atoms with Crippen LogP contribution in [0.4, 0.5) is 15.8 Å². The Morgan fingerprint density at radius 3 is 2.62 bits per heavy atom. The molecular formula is C13H11BrClFN2O2S. The van der Waals surface area contributed by atoms with Crippen molar-refractivity contribution in [3.8, 4) is 0 Å². The quantitative estimate of drug-likeness (QED) is 0.776. The van der Waals surface area contributed by atoms with E-state index in [-0.39, 0.29) is 20.9 Å². The second-order valence-electron chi connectivity index (χ2n) is 4.34. The van der Waals surface area contributed by atoms with Crippen molar-refractivity contribution in [2.45, 2.75) is 11.8 Å². The molecule has 2 aromatic carbocycles. The Kier molecular flexibility index (Phi) is 4.46. The van der Waals surface area contributed by atoms with Crippen molar-refractivity contribution in [3.05, 3.63) is 51.2 Å². The maximum atomic E-state index is 13.9. The molecular weight excluding hydrogens is 383 g/mol. The first-order valence-corrected chi connectivity index (χ1v) is 8.40. The van der Waals surface area contributed by atoms with Crippen LogP contribution in [0.5, 0.6) is 0 Å². The normalized spacial score (nSPS) is 11.4. The van der Waals surface area contributed by atoms with Gasteiger partial charge in [-0.1, -0.05) is 23.7 Å². The summed E-state index contributed by atoms with van der Waals surface area (Å²) in [5.74, 6) is -0.909. The maximum absolute atomic E-state index is 13.9. The summed E-state index contributed by atoms with van der Waals surface area (Å²) in [4.78, 5) is -0.539. The van der Waals surface area contributed by atoms with E-state index < -0.39 is 20.7 Å². The van der Waals surface area contributed by atoms with Gasteiger partial charge in [-0.2, -0.15) is 0 Å². The number of halogens is 3. The van der Waals surface area contributed by atoms with Crippen LogP contribution in [0.15, 0.2) is 39.7 Å². The molecule has 0 saturated carbocycles. The van der Waals surface area contributed by atoms with Gasteiger partial charge in [-0.15, -0.1) is 0 Å². The molecule has 0 saturated heterocycles. The average Bonchev–Trinajstić information content (AvgIpc) is 2.38. The fourth-order valence-electron chi connectivity index (χ4n) is 1.70. The van der Waals surface area contributed by atoms with E-state index in [0.717, 1.165) is 12.1 Å². The highest BCUT2D eigenvalue weighted by atomic mass is 79.9. The summed E-state index contributed by atoms with van der Waals surface area (Å²) in [7, 11) is -4.14. The lowest BCUT2D eigenvalue weighted by Gasteiger charge is -2.13. The Balaban J connectivity index is 2.51. The summed E-state index contributed by atoms with van der Waals surface area (Å²) in [6.45, 7) is 1.69. The molecule has 0 aliphatic heterocycles. The van der Waals surface area contributed by atoms with Crippen molar-refractivity contribution in [3.63, 3.8) is 0 Å². The van der Waals surface area contributed by atoms with Gasteiger partial charge in [-0.3, -0.25) is 4.72 Å². The van der Waals surface area contributed by atoms with Gasteiger partial charge in [0.05, 0.1) is 10.7 Å². The molecule has 112 valence electrons. The van der Waals surface area contributed by atoms with Gasteiger partial charge in [0.2, 0.25) is 0 Å². The van der Waals surface area contributed by atoms with Gasteiger partial charge in [-0.25, -0.2) is 12.8 Å². The van der Waals surface area contributed by atoms with Gasteiger partial charge in [0, 0.05) is 10.2 Å². The number of rotatable bonds is 3. The minimum atomic E-state index is -4.14. The Bertz CT molecular complexity index is 792. The van der Waals surface area contributed by atoms with Crippen molar-refractivity contribution < 1.29 is 12.8 Å². The fraction of sp³-hybridized carbons (Fsp3) is 0.0769. The minimum absolute atomic E-state index is 0.118. The van der Waals surface area contributed by atoms with Crippen LogP contribution in [0.3, 0.4) is 0 Å². The van der Waals surface area contributed by atoms with E-state index in [1.807, 2.05) is 0 Å². The standard InChI is InChI=1S/C13H11BrClFN2O2S/c1-7-3-2-4-9(15)13(7)18-21(19,20)12-6-11(17)8(14)5-10(12)16/h2-6,18H,17H2,1H3. The number of benzene rings is 2. The Labute approximate surface area is 135 Å². The second kappa shape index (κ2) is 5.82. The molecule has 0 radical (unpaired) electrons. The lowest BCUT2D eigenvalue weighted by atomic mass is 10.2. The van der Waals surface area contributed by atoms with Crippen LogP contribution in [0.1, 0.15) is 5.56 Å². The van der Waals surface area contributed by atoms with Crippen LogP contribution in [0, 0.1) is 12.7 Å². The summed E-state index contributed by atoms with van der Waals surface area (Å²) in [5, 5.41) is 0.226. The predicted molar refractivity (Wildman–Crippen MR) is 85.5 cm³/mol. The van der Waals surface area contributed by atoms with Gasteiger partial charge in [-0.05, 0) is 46.6 Å². The molecule has 0 fully saturated rings. The summed E-state index contributed by atoms with van der Waals surface area (Å²) in [6, 6.07) is 6.97. The van der Waals surface area contributed by atoms with Crippen LogP contribution in [-0.4, -0.2) is 8.42 Å². The fourth-order valence-corrected chi connectivity index (χ4v) is 3.59. The zero-order valence-corrected chi connectivity index (χ0v) is 14.0. The van der Waals surface area contributed by atoms with E-state index in [1.54, 1.807) is 25.1 Å². The van der Waals surface area contributed by atoms with Crippen LogP contribution in [0.2, 0.25) is 5.02 Å². The number of sulfonamides is 1. The Morgan fingerprint density at radius 2 is 2.00 bits per heavy atom. The maximum Gasteiger partial charge on any atom is 0.264 e. The van der Waals surface area contributed by atoms with Crippen LogP contribution in [0.25, 0.3) is 0 Å². The van der Waals surface area contributed by atoms with Crippen LogP contribution < -0.4 is 10.5 Å². The number of nitrogen functional groups attached to an aromatic ring is 1. The van der Waals surface area contributed by atoms with E-state index in [2.05, 4.69) is 20.7 Å². The first-order valence-electron chi connectivity index (χ1n) is 5.75. The molecule has 21 heavy (non-hydrogen) atoms. The van der Waals surface area contributed by atoms with Crippen molar-refractivity contribution in [2.75, 3.05) is 10.5 Å². The van der Waals surface area contributed by atoms with E-state index in [4.69, 9.17) is 17.3 Å². The largest absolute Gasteiger partial charge is 0.398 e. The highest BCUT2D eigenvalue weighted by Crippen LogP contribution is 2.31. The van der Waals surface area contributed by atoms with E-state index >= 15 is 0 Å².